The highest BCUT2D eigenvalue weighted by Gasteiger charge is 2.15. The Hall–Kier alpha value is -2.60. The lowest BCUT2D eigenvalue weighted by Gasteiger charge is -1.99. The maximum absolute atomic E-state index is 10.8. The predicted molar refractivity (Wildman–Crippen MR) is 76.7 cm³/mol. The minimum absolute atomic E-state index is 0.00921. The van der Waals surface area contributed by atoms with Gasteiger partial charge in [0.05, 0.1) is 9.95 Å². The highest BCUT2D eigenvalue weighted by atomic mass is 35.5. The van der Waals surface area contributed by atoms with Gasteiger partial charge in [-0.15, -0.1) is 0 Å². The van der Waals surface area contributed by atoms with Crippen LogP contribution < -0.4 is 5.73 Å². The summed E-state index contributed by atoms with van der Waals surface area (Å²) < 4.78 is 1.65. The number of nitrogen functional groups attached to an aromatic ring is 1. The second-order valence-corrected chi connectivity index (χ2v) is 4.61. The molecule has 2 N–H and O–H groups in total. The van der Waals surface area contributed by atoms with Crippen LogP contribution in [0.3, 0.4) is 0 Å². The number of anilines is 1. The fraction of sp³-hybridized carbons (Fsp3) is 0. The topological polar surface area (TPSA) is 86.5 Å². The Kier molecular flexibility index (Phi) is 2.80. The van der Waals surface area contributed by atoms with E-state index >= 15 is 0 Å². The fourth-order valence-corrected chi connectivity index (χ4v) is 2.24. The van der Waals surface area contributed by atoms with Crippen LogP contribution >= 0.6 is 11.6 Å². The second kappa shape index (κ2) is 4.50. The minimum atomic E-state index is -0.456. The van der Waals surface area contributed by atoms with E-state index in [1.165, 1.54) is 12.1 Å². The van der Waals surface area contributed by atoms with E-state index < -0.39 is 4.92 Å². The second-order valence-electron chi connectivity index (χ2n) is 4.20. The Morgan fingerprint density at radius 2 is 2.10 bits per heavy atom. The molecule has 0 spiro atoms. The van der Waals surface area contributed by atoms with Crippen LogP contribution in [-0.2, 0) is 0 Å². The Labute approximate surface area is 118 Å². The molecule has 0 saturated heterocycles. The molecule has 7 heteroatoms. The molecule has 0 radical (unpaired) electrons. The number of hydrogen-bond acceptors (Lipinski definition) is 4. The number of nitrogens with two attached hydrogens (primary N) is 1. The third kappa shape index (κ3) is 1.86. The van der Waals surface area contributed by atoms with Crippen LogP contribution in [-0.4, -0.2) is 14.3 Å². The molecule has 3 rings (SSSR count). The van der Waals surface area contributed by atoms with Crippen molar-refractivity contribution >= 4 is 28.8 Å². The molecular formula is C13H9ClN4O2. The van der Waals surface area contributed by atoms with Crippen LogP contribution in [0.1, 0.15) is 0 Å². The first-order valence-corrected chi connectivity index (χ1v) is 6.12. The van der Waals surface area contributed by atoms with E-state index in [0.29, 0.717) is 27.7 Å². The summed E-state index contributed by atoms with van der Waals surface area (Å²) in [4.78, 5) is 14.7. The molecule has 20 heavy (non-hydrogen) atoms. The number of nitro groups is 1. The third-order valence-electron chi connectivity index (χ3n) is 2.97. The zero-order valence-corrected chi connectivity index (χ0v) is 10.9. The summed E-state index contributed by atoms with van der Waals surface area (Å²) in [5, 5.41) is 11.3. The molecule has 0 aliphatic heterocycles. The molecule has 2 aromatic heterocycles. The van der Waals surface area contributed by atoms with Crippen LogP contribution in [0.4, 0.5) is 11.5 Å². The fourth-order valence-electron chi connectivity index (χ4n) is 2.03. The van der Waals surface area contributed by atoms with Gasteiger partial charge in [0.1, 0.15) is 11.5 Å². The van der Waals surface area contributed by atoms with Gasteiger partial charge in [-0.1, -0.05) is 23.7 Å². The van der Waals surface area contributed by atoms with E-state index in [9.17, 15) is 10.1 Å². The molecule has 2 heterocycles. The molecule has 0 aliphatic rings. The SMILES string of the molecule is Nc1c(-c2cccc([N+](=O)[O-])c2)nc2c(Cl)cccn12. The van der Waals surface area contributed by atoms with Crippen LogP contribution in [0.2, 0.25) is 5.02 Å². The first-order valence-electron chi connectivity index (χ1n) is 5.75. The Morgan fingerprint density at radius 1 is 1.30 bits per heavy atom. The zero-order valence-electron chi connectivity index (χ0n) is 10.2. The highest BCUT2D eigenvalue weighted by Crippen LogP contribution is 2.30. The number of non-ortho nitro benzene ring substituents is 1. The Bertz CT molecular complexity index is 828. The normalized spacial score (nSPS) is 10.8. The lowest BCUT2D eigenvalue weighted by molar-refractivity contribution is -0.384. The predicted octanol–water partition coefficient (Wildman–Crippen LogP) is 3.15. The van der Waals surface area contributed by atoms with Crippen molar-refractivity contribution in [2.75, 3.05) is 5.73 Å². The maximum atomic E-state index is 10.8. The van der Waals surface area contributed by atoms with Crippen LogP contribution in [0.15, 0.2) is 42.6 Å². The largest absolute Gasteiger partial charge is 0.383 e. The number of hydrogen-bond donors (Lipinski definition) is 1. The standard InChI is InChI=1S/C13H9ClN4O2/c14-10-5-2-6-17-12(15)11(16-13(10)17)8-3-1-4-9(7-8)18(19)20/h1-7H,15H2. The minimum Gasteiger partial charge on any atom is -0.383 e. The Balaban J connectivity index is 2.25. The van der Waals surface area contributed by atoms with E-state index in [0.717, 1.165) is 0 Å². The number of aromatic nitrogens is 2. The first kappa shape index (κ1) is 12.4. The molecule has 0 amide bonds. The molecule has 0 saturated carbocycles. The van der Waals surface area contributed by atoms with Gasteiger partial charge in [-0.25, -0.2) is 4.98 Å². The molecular weight excluding hydrogens is 280 g/mol. The summed E-state index contributed by atoms with van der Waals surface area (Å²) in [6.07, 6.45) is 1.74. The van der Waals surface area contributed by atoms with Crippen molar-refractivity contribution in [3.05, 3.63) is 57.7 Å². The van der Waals surface area contributed by atoms with Gasteiger partial charge in [0.15, 0.2) is 5.65 Å². The molecule has 6 nitrogen and oxygen atoms in total. The quantitative estimate of drug-likeness (QED) is 0.579. The average molecular weight is 289 g/mol. The molecule has 0 bridgehead atoms. The van der Waals surface area contributed by atoms with Gasteiger partial charge in [-0.3, -0.25) is 14.5 Å². The monoisotopic (exact) mass is 288 g/mol. The van der Waals surface area contributed by atoms with Crippen LogP contribution in [0.5, 0.6) is 0 Å². The first-order chi connectivity index (χ1) is 9.58. The van der Waals surface area contributed by atoms with Crippen molar-refractivity contribution in [2.24, 2.45) is 0 Å². The van der Waals surface area contributed by atoms with Gasteiger partial charge >= 0.3 is 0 Å². The van der Waals surface area contributed by atoms with Gasteiger partial charge in [0.2, 0.25) is 0 Å². The summed E-state index contributed by atoms with van der Waals surface area (Å²) >= 11 is 6.06. The van der Waals surface area contributed by atoms with Gasteiger partial charge in [-0.2, -0.15) is 0 Å². The van der Waals surface area contributed by atoms with Crippen molar-refractivity contribution in [3.63, 3.8) is 0 Å². The number of fused-ring (bicyclic) bond motifs is 1. The Morgan fingerprint density at radius 3 is 2.80 bits per heavy atom. The summed E-state index contributed by atoms with van der Waals surface area (Å²) in [5.74, 6) is 0.392. The number of nitrogens with zero attached hydrogens (tertiary/aromatic N) is 3. The van der Waals surface area contributed by atoms with Crippen molar-refractivity contribution in [1.82, 2.24) is 9.38 Å². The summed E-state index contributed by atoms with van der Waals surface area (Å²) in [6.45, 7) is 0. The van der Waals surface area contributed by atoms with Gasteiger partial charge in [0.25, 0.3) is 5.69 Å². The van der Waals surface area contributed by atoms with Crippen molar-refractivity contribution in [3.8, 4) is 11.3 Å². The van der Waals surface area contributed by atoms with E-state index in [1.807, 2.05) is 0 Å². The third-order valence-corrected chi connectivity index (χ3v) is 3.26. The maximum Gasteiger partial charge on any atom is 0.270 e. The van der Waals surface area contributed by atoms with Crippen molar-refractivity contribution < 1.29 is 4.92 Å². The van der Waals surface area contributed by atoms with Crippen molar-refractivity contribution in [2.45, 2.75) is 0 Å². The number of imidazole rings is 1. The highest BCUT2D eigenvalue weighted by molar-refractivity contribution is 6.33. The number of nitro benzene ring substituents is 1. The molecule has 0 fully saturated rings. The molecule has 1 aromatic carbocycles. The van der Waals surface area contributed by atoms with Crippen LogP contribution in [0, 0.1) is 10.1 Å². The van der Waals surface area contributed by atoms with Gasteiger partial charge < -0.3 is 5.73 Å². The number of pyridine rings is 1. The number of rotatable bonds is 2. The smallest absolute Gasteiger partial charge is 0.270 e. The van der Waals surface area contributed by atoms with Gasteiger partial charge in [0, 0.05) is 23.9 Å². The van der Waals surface area contributed by atoms with E-state index in [1.54, 1.807) is 34.9 Å². The van der Waals surface area contributed by atoms with Crippen molar-refractivity contribution in [1.29, 1.82) is 0 Å². The van der Waals surface area contributed by atoms with E-state index in [2.05, 4.69) is 4.98 Å². The summed E-state index contributed by atoms with van der Waals surface area (Å²) in [5.41, 5.74) is 7.60. The lowest BCUT2D eigenvalue weighted by atomic mass is 10.1. The molecule has 3 aromatic rings. The molecule has 0 atom stereocenters. The zero-order chi connectivity index (χ0) is 14.3. The molecule has 0 unspecified atom stereocenters. The van der Waals surface area contributed by atoms with E-state index in [-0.39, 0.29) is 5.69 Å². The average Bonchev–Trinajstić information content (AvgIpc) is 2.78. The summed E-state index contributed by atoms with van der Waals surface area (Å²) in [6, 6.07) is 9.64. The lowest BCUT2D eigenvalue weighted by Crippen LogP contribution is -1.94. The van der Waals surface area contributed by atoms with Crippen LogP contribution in [0.25, 0.3) is 16.9 Å². The molecule has 0 aliphatic carbocycles. The van der Waals surface area contributed by atoms with Gasteiger partial charge in [-0.05, 0) is 12.1 Å². The van der Waals surface area contributed by atoms with E-state index in [4.69, 9.17) is 17.3 Å². The number of benzene rings is 1. The number of halogens is 1. The summed E-state index contributed by atoms with van der Waals surface area (Å²) in [7, 11) is 0. The molecule has 100 valence electrons.